The van der Waals surface area contributed by atoms with E-state index in [9.17, 15) is 4.79 Å². The molecule has 3 rings (SSSR count). The molecule has 1 heterocycles. The largest absolute Gasteiger partial charge is 0.411 e. The zero-order chi connectivity index (χ0) is 17.6. The summed E-state index contributed by atoms with van der Waals surface area (Å²) < 4.78 is 0. The molecule has 124 valence electrons. The molecule has 0 saturated heterocycles. The van der Waals surface area contributed by atoms with Gasteiger partial charge in [0.15, 0.2) is 0 Å². The number of carbonyl (C=O) groups is 1. The van der Waals surface area contributed by atoms with Crippen LogP contribution >= 0.6 is 11.6 Å². The van der Waals surface area contributed by atoms with Gasteiger partial charge < -0.3 is 5.21 Å². The lowest BCUT2D eigenvalue weighted by molar-refractivity contribution is 0.0955. The van der Waals surface area contributed by atoms with Gasteiger partial charge in [-0.05, 0) is 30.3 Å². The second-order valence-electron chi connectivity index (χ2n) is 4.94. The lowest BCUT2D eigenvalue weighted by atomic mass is 10.2. The number of carbonyl (C=O) groups excluding carboxylic acids is 1. The lowest BCUT2D eigenvalue weighted by Crippen LogP contribution is -2.21. The molecule has 0 aliphatic heterocycles. The van der Waals surface area contributed by atoms with Crippen LogP contribution in [0.4, 0.5) is 0 Å². The van der Waals surface area contributed by atoms with Crippen LogP contribution in [0.5, 0.6) is 0 Å². The molecule has 0 radical (unpaired) electrons. The van der Waals surface area contributed by atoms with Crippen molar-refractivity contribution < 1.29 is 10.0 Å². The van der Waals surface area contributed by atoms with Crippen LogP contribution in [0.15, 0.2) is 65.0 Å². The van der Waals surface area contributed by atoms with Crippen LogP contribution in [0.3, 0.4) is 0 Å². The van der Waals surface area contributed by atoms with Gasteiger partial charge in [0.2, 0.25) is 0 Å². The predicted octanol–water partition coefficient (Wildman–Crippen LogP) is 2.88. The molecule has 0 bridgehead atoms. The van der Waals surface area contributed by atoms with Gasteiger partial charge in [-0.3, -0.25) is 9.78 Å². The molecular weight excluding hydrogens is 342 g/mol. The van der Waals surface area contributed by atoms with Crippen molar-refractivity contribution in [2.75, 3.05) is 0 Å². The van der Waals surface area contributed by atoms with Gasteiger partial charge in [0.1, 0.15) is 11.4 Å². The molecule has 2 N–H and O–H groups in total. The zero-order valence-electron chi connectivity index (χ0n) is 12.8. The Balaban J connectivity index is 1.89. The first-order chi connectivity index (χ1) is 12.2. The van der Waals surface area contributed by atoms with Crippen LogP contribution in [-0.2, 0) is 0 Å². The van der Waals surface area contributed by atoms with Crippen LogP contribution in [0.25, 0.3) is 11.0 Å². The minimum absolute atomic E-state index is 0.149. The first-order valence-corrected chi connectivity index (χ1v) is 7.58. The van der Waals surface area contributed by atoms with E-state index in [0.29, 0.717) is 21.8 Å². The Bertz CT molecular complexity index is 987. The van der Waals surface area contributed by atoms with Gasteiger partial charge in [0.25, 0.3) is 5.91 Å². The van der Waals surface area contributed by atoms with Crippen molar-refractivity contribution in [2.24, 2.45) is 10.3 Å². The Morgan fingerprint density at radius 3 is 2.72 bits per heavy atom. The highest BCUT2D eigenvalue weighted by atomic mass is 35.5. The number of hydrogen-bond donors (Lipinski definition) is 2. The number of para-hydroxylation sites is 2. The maximum absolute atomic E-state index is 12.1. The number of nitrogens with zero attached hydrogens (tertiary/aromatic N) is 4. The van der Waals surface area contributed by atoms with Gasteiger partial charge in [0.05, 0.1) is 23.4 Å². The van der Waals surface area contributed by atoms with Crippen LogP contribution < -0.4 is 5.43 Å². The first-order valence-electron chi connectivity index (χ1n) is 7.20. The molecule has 0 saturated carbocycles. The van der Waals surface area contributed by atoms with Crippen molar-refractivity contribution >= 4 is 40.5 Å². The average molecular weight is 354 g/mol. The number of aromatic nitrogens is 2. The number of amides is 1. The van der Waals surface area contributed by atoms with E-state index < -0.39 is 5.91 Å². The third-order valence-corrected chi connectivity index (χ3v) is 3.49. The molecule has 25 heavy (non-hydrogen) atoms. The Kier molecular flexibility index (Phi) is 4.96. The number of benzene rings is 2. The standard InChI is InChI=1S/C17H12ClN5O2/c18-12-5-3-4-11(8-12)17(24)23-22-16(10-20-25)15-9-19-13-6-1-2-7-14(13)21-15/h1-10,25H,(H,23,24)/b20-10+,22-16+. The van der Waals surface area contributed by atoms with E-state index >= 15 is 0 Å². The molecule has 7 nitrogen and oxygen atoms in total. The van der Waals surface area contributed by atoms with E-state index in [1.807, 2.05) is 18.2 Å². The van der Waals surface area contributed by atoms with Gasteiger partial charge in [0, 0.05) is 10.6 Å². The first kappa shape index (κ1) is 16.5. The zero-order valence-corrected chi connectivity index (χ0v) is 13.6. The molecule has 3 aromatic rings. The van der Waals surface area contributed by atoms with E-state index in [1.165, 1.54) is 12.3 Å². The third-order valence-electron chi connectivity index (χ3n) is 3.26. The van der Waals surface area contributed by atoms with E-state index in [2.05, 4.69) is 25.7 Å². The van der Waals surface area contributed by atoms with Crippen LogP contribution in [0.2, 0.25) is 5.02 Å². The minimum Gasteiger partial charge on any atom is -0.411 e. The Morgan fingerprint density at radius 2 is 1.96 bits per heavy atom. The maximum Gasteiger partial charge on any atom is 0.271 e. The van der Waals surface area contributed by atoms with E-state index in [-0.39, 0.29) is 5.71 Å². The number of hydrazone groups is 1. The summed E-state index contributed by atoms with van der Waals surface area (Å²) in [5.41, 5.74) is 4.60. The molecule has 8 heteroatoms. The SMILES string of the molecule is O=C(N/N=C(\C=N\O)c1cnc2ccccc2n1)c1cccc(Cl)c1. The molecule has 1 amide bonds. The second kappa shape index (κ2) is 7.50. The highest BCUT2D eigenvalue weighted by molar-refractivity contribution is 6.37. The van der Waals surface area contributed by atoms with E-state index in [0.717, 1.165) is 11.7 Å². The van der Waals surface area contributed by atoms with Gasteiger partial charge in [-0.15, -0.1) is 0 Å². The molecule has 0 fully saturated rings. The Hall–Kier alpha value is -3.32. The number of fused-ring (bicyclic) bond motifs is 1. The highest BCUT2D eigenvalue weighted by Crippen LogP contribution is 2.11. The quantitative estimate of drug-likeness (QED) is 0.428. The normalized spacial score (nSPS) is 11.8. The van der Waals surface area contributed by atoms with Gasteiger partial charge in [-0.1, -0.05) is 35.0 Å². The van der Waals surface area contributed by atoms with Crippen molar-refractivity contribution in [1.82, 2.24) is 15.4 Å². The van der Waals surface area contributed by atoms with Gasteiger partial charge in [-0.2, -0.15) is 5.10 Å². The molecule has 0 unspecified atom stereocenters. The minimum atomic E-state index is -0.458. The highest BCUT2D eigenvalue weighted by Gasteiger charge is 2.09. The van der Waals surface area contributed by atoms with Crippen molar-refractivity contribution in [3.8, 4) is 0 Å². The summed E-state index contributed by atoms with van der Waals surface area (Å²) in [6, 6.07) is 13.7. The summed E-state index contributed by atoms with van der Waals surface area (Å²) in [4.78, 5) is 20.8. The predicted molar refractivity (Wildman–Crippen MR) is 95.3 cm³/mol. The fraction of sp³-hybridized carbons (Fsp3) is 0. The summed E-state index contributed by atoms with van der Waals surface area (Å²) in [6.07, 6.45) is 2.55. The molecule has 2 aromatic carbocycles. The summed E-state index contributed by atoms with van der Waals surface area (Å²) in [6.45, 7) is 0. The van der Waals surface area contributed by atoms with Gasteiger partial charge >= 0.3 is 0 Å². The summed E-state index contributed by atoms with van der Waals surface area (Å²) in [5.74, 6) is -0.458. The Morgan fingerprint density at radius 1 is 1.16 bits per heavy atom. The van der Waals surface area contributed by atoms with E-state index in [4.69, 9.17) is 16.8 Å². The molecule has 0 spiro atoms. The third kappa shape index (κ3) is 3.96. The Labute approximate surface area is 147 Å². The number of rotatable bonds is 4. The second-order valence-corrected chi connectivity index (χ2v) is 5.37. The average Bonchev–Trinajstić information content (AvgIpc) is 2.64. The fourth-order valence-corrected chi connectivity index (χ4v) is 2.28. The van der Waals surface area contributed by atoms with E-state index in [1.54, 1.807) is 24.3 Å². The monoisotopic (exact) mass is 353 g/mol. The van der Waals surface area contributed by atoms with Crippen LogP contribution in [0.1, 0.15) is 16.1 Å². The summed E-state index contributed by atoms with van der Waals surface area (Å²) in [5, 5.41) is 16.2. The van der Waals surface area contributed by atoms with Crippen molar-refractivity contribution in [3.63, 3.8) is 0 Å². The molecule has 0 aliphatic rings. The molecular formula is C17H12ClN5O2. The smallest absolute Gasteiger partial charge is 0.271 e. The van der Waals surface area contributed by atoms with Crippen molar-refractivity contribution in [1.29, 1.82) is 0 Å². The van der Waals surface area contributed by atoms with Crippen molar-refractivity contribution in [2.45, 2.75) is 0 Å². The van der Waals surface area contributed by atoms with Crippen molar-refractivity contribution in [3.05, 3.63) is 71.0 Å². The number of hydrogen-bond acceptors (Lipinski definition) is 6. The number of oxime groups is 1. The van der Waals surface area contributed by atoms with Gasteiger partial charge in [-0.25, -0.2) is 10.4 Å². The van der Waals surface area contributed by atoms with Crippen LogP contribution in [0, 0.1) is 0 Å². The fourth-order valence-electron chi connectivity index (χ4n) is 2.09. The molecule has 1 aromatic heterocycles. The summed E-state index contributed by atoms with van der Waals surface area (Å²) >= 11 is 5.86. The maximum atomic E-state index is 12.1. The summed E-state index contributed by atoms with van der Waals surface area (Å²) in [7, 11) is 0. The molecule has 0 aliphatic carbocycles. The topological polar surface area (TPSA) is 99.8 Å². The van der Waals surface area contributed by atoms with Crippen LogP contribution in [-0.4, -0.2) is 33.0 Å². The number of nitrogens with one attached hydrogen (secondary N) is 1. The molecule has 0 atom stereocenters. The lowest BCUT2D eigenvalue weighted by Gasteiger charge is -2.04. The number of halogens is 1.